The third-order valence-corrected chi connectivity index (χ3v) is 8.13. The first-order chi connectivity index (χ1) is 19.3. The molecule has 2 aliphatic heterocycles. The number of rotatable bonds is 6. The van der Waals surface area contributed by atoms with Crippen LogP contribution in [0.3, 0.4) is 0 Å². The maximum atomic E-state index is 14.2. The Morgan fingerprint density at radius 1 is 1.12 bits per heavy atom. The molecule has 6 rings (SSSR count). The number of benzene rings is 1. The quantitative estimate of drug-likeness (QED) is 0.351. The summed E-state index contributed by atoms with van der Waals surface area (Å²) in [7, 11) is 1.42. The maximum absolute atomic E-state index is 14.2. The number of aliphatic hydroxyl groups is 1. The topological polar surface area (TPSA) is 136 Å². The molecule has 1 aromatic carbocycles. The zero-order chi connectivity index (χ0) is 28.1. The highest BCUT2D eigenvalue weighted by atomic mass is 19.1. The summed E-state index contributed by atoms with van der Waals surface area (Å²) in [5.74, 6) is -0.611. The number of anilines is 1. The molecule has 3 aromatic heterocycles. The first kappa shape index (κ1) is 25.9. The average Bonchev–Trinajstić information content (AvgIpc) is 3.50. The van der Waals surface area contributed by atoms with Crippen LogP contribution in [0.15, 0.2) is 42.7 Å². The summed E-state index contributed by atoms with van der Waals surface area (Å²) in [6, 6.07) is 8.31. The van der Waals surface area contributed by atoms with Gasteiger partial charge in [-0.25, -0.2) is 9.37 Å². The molecule has 0 radical (unpaired) electrons. The van der Waals surface area contributed by atoms with Gasteiger partial charge in [0.1, 0.15) is 12.4 Å². The molecule has 0 aliphatic carbocycles. The molecule has 3 atom stereocenters. The minimum absolute atomic E-state index is 0.00799. The number of aromatic nitrogens is 4. The minimum atomic E-state index is -0.507. The van der Waals surface area contributed by atoms with E-state index in [0.717, 1.165) is 18.4 Å². The number of methoxy groups -OCH3 is 1. The number of carbonyl (C=O) groups excluding carboxylic acids is 2. The second kappa shape index (κ2) is 9.98. The minimum Gasteiger partial charge on any atom is -0.494 e. The van der Waals surface area contributed by atoms with Crippen LogP contribution in [0.2, 0.25) is 0 Å². The first-order valence-corrected chi connectivity index (χ1v) is 13.2. The largest absolute Gasteiger partial charge is 0.494 e. The van der Waals surface area contributed by atoms with Gasteiger partial charge in [0.05, 0.1) is 30.3 Å². The van der Waals surface area contributed by atoms with E-state index in [0.29, 0.717) is 46.6 Å². The van der Waals surface area contributed by atoms with Crippen molar-refractivity contribution in [2.75, 3.05) is 19.5 Å². The van der Waals surface area contributed by atoms with Crippen LogP contribution in [0.25, 0.3) is 28.0 Å². The number of hydrogen-bond acceptors (Lipinski definition) is 8. The van der Waals surface area contributed by atoms with E-state index in [1.54, 1.807) is 35.5 Å². The summed E-state index contributed by atoms with van der Waals surface area (Å²) in [5.41, 5.74) is 10.6. The Morgan fingerprint density at radius 2 is 1.85 bits per heavy atom. The summed E-state index contributed by atoms with van der Waals surface area (Å²) >= 11 is 0. The van der Waals surface area contributed by atoms with Crippen molar-refractivity contribution >= 4 is 23.2 Å². The smallest absolute Gasteiger partial charge is 0.248 e. The van der Waals surface area contributed by atoms with E-state index in [9.17, 15) is 19.1 Å². The number of halogens is 1. The second-order valence-corrected chi connectivity index (χ2v) is 10.4. The van der Waals surface area contributed by atoms with E-state index in [1.807, 2.05) is 6.07 Å². The van der Waals surface area contributed by atoms with Crippen LogP contribution in [0.4, 0.5) is 10.2 Å². The van der Waals surface area contributed by atoms with E-state index < -0.39 is 12.4 Å². The Hall–Kier alpha value is -4.38. The number of nitrogens with two attached hydrogens (primary N) is 1. The predicted molar refractivity (Wildman–Crippen MR) is 145 cm³/mol. The van der Waals surface area contributed by atoms with Crippen molar-refractivity contribution in [1.82, 2.24) is 24.5 Å². The number of Topliss-reactive ketones (excluding diaryl/α,β-unsaturated/α-hetero) is 1. The molecule has 2 aliphatic rings. The number of amides is 1. The van der Waals surface area contributed by atoms with Gasteiger partial charge in [-0.15, -0.1) is 0 Å². The Labute approximate surface area is 229 Å². The van der Waals surface area contributed by atoms with Crippen molar-refractivity contribution in [1.29, 1.82) is 0 Å². The molecule has 11 heteroatoms. The number of pyridine rings is 1. The van der Waals surface area contributed by atoms with E-state index >= 15 is 0 Å². The first-order valence-electron chi connectivity index (χ1n) is 13.2. The van der Waals surface area contributed by atoms with Gasteiger partial charge in [0, 0.05) is 40.9 Å². The molecule has 1 amide bonds. The Kier molecular flexibility index (Phi) is 6.46. The molecule has 0 spiro atoms. The molecule has 2 fully saturated rings. The van der Waals surface area contributed by atoms with Crippen LogP contribution in [0.5, 0.6) is 5.75 Å². The van der Waals surface area contributed by atoms with Gasteiger partial charge in [-0.05, 0) is 56.9 Å². The summed E-state index contributed by atoms with van der Waals surface area (Å²) in [6.45, 7) is 0.962. The summed E-state index contributed by atoms with van der Waals surface area (Å²) in [6.07, 6.45) is 6.31. The standard InChI is InChI=1S/C29H29FN6O4/c1-15(38)26-27(18-9-19-5-6-20(10-18)35(19)25(39)14-37)34-29-21(13-33-36(29)28(26)31)17-3-7-23(32-12-17)16-4-8-24(40-2)22(30)11-16/h3-4,7-8,11-13,18-20,37H,5-6,9-10,14,31H2,1-2H3/t18-,19-,20+. The van der Waals surface area contributed by atoms with Crippen molar-refractivity contribution in [3.05, 3.63) is 59.8 Å². The van der Waals surface area contributed by atoms with Crippen LogP contribution >= 0.6 is 0 Å². The van der Waals surface area contributed by atoms with Crippen molar-refractivity contribution < 1.29 is 23.8 Å². The molecule has 2 bridgehead atoms. The van der Waals surface area contributed by atoms with Crippen LogP contribution in [-0.2, 0) is 4.79 Å². The third kappa shape index (κ3) is 4.17. The molecule has 10 nitrogen and oxygen atoms in total. The lowest BCUT2D eigenvalue weighted by atomic mass is 9.85. The van der Waals surface area contributed by atoms with E-state index in [1.165, 1.54) is 24.6 Å². The number of fused-ring (bicyclic) bond motifs is 3. The number of ether oxygens (including phenoxy) is 1. The normalized spacial score (nSPS) is 20.2. The zero-order valence-corrected chi connectivity index (χ0v) is 22.2. The van der Waals surface area contributed by atoms with Gasteiger partial charge >= 0.3 is 0 Å². The highest BCUT2D eigenvalue weighted by molar-refractivity contribution is 6.00. The average molecular weight is 545 g/mol. The summed E-state index contributed by atoms with van der Waals surface area (Å²) < 4.78 is 20.7. The van der Waals surface area contributed by atoms with Gasteiger partial charge in [-0.1, -0.05) is 6.07 Å². The fourth-order valence-corrected chi connectivity index (χ4v) is 6.33. The fourth-order valence-electron chi connectivity index (χ4n) is 6.33. The number of nitrogens with zero attached hydrogens (tertiary/aromatic N) is 5. The van der Waals surface area contributed by atoms with Crippen LogP contribution < -0.4 is 10.5 Å². The maximum Gasteiger partial charge on any atom is 0.248 e. The lowest BCUT2D eigenvalue weighted by molar-refractivity contribution is -0.138. The molecular weight excluding hydrogens is 515 g/mol. The number of ketones is 1. The molecular formula is C29H29FN6O4. The Morgan fingerprint density at radius 3 is 2.45 bits per heavy atom. The molecule has 2 saturated heterocycles. The molecule has 0 saturated carbocycles. The highest BCUT2D eigenvalue weighted by Gasteiger charge is 2.44. The van der Waals surface area contributed by atoms with Crippen molar-refractivity contribution in [3.63, 3.8) is 0 Å². The molecule has 206 valence electrons. The molecule has 4 aromatic rings. The number of piperidine rings is 1. The van der Waals surface area contributed by atoms with Gasteiger partial charge in [0.2, 0.25) is 5.91 Å². The van der Waals surface area contributed by atoms with Crippen LogP contribution in [-0.4, -0.2) is 67.1 Å². The van der Waals surface area contributed by atoms with Crippen LogP contribution in [0, 0.1) is 5.82 Å². The van der Waals surface area contributed by atoms with E-state index in [-0.39, 0.29) is 41.3 Å². The van der Waals surface area contributed by atoms with Crippen molar-refractivity contribution in [2.45, 2.75) is 50.6 Å². The fraction of sp³-hybridized carbons (Fsp3) is 0.345. The molecule has 3 N–H and O–H groups in total. The number of aliphatic hydroxyl groups excluding tert-OH is 1. The molecule has 5 heterocycles. The Bertz CT molecular complexity index is 1620. The number of carbonyl (C=O) groups is 2. The zero-order valence-electron chi connectivity index (χ0n) is 22.2. The van der Waals surface area contributed by atoms with Crippen molar-refractivity contribution in [2.24, 2.45) is 0 Å². The van der Waals surface area contributed by atoms with Gasteiger partial charge in [0.25, 0.3) is 0 Å². The van der Waals surface area contributed by atoms with Crippen molar-refractivity contribution in [3.8, 4) is 28.1 Å². The predicted octanol–water partition coefficient (Wildman–Crippen LogP) is 3.62. The lowest BCUT2D eigenvalue weighted by Crippen LogP contribution is -2.47. The SMILES string of the molecule is COc1ccc(-c2ccc(-c3cnn4c(N)c(C(C)=O)c([C@@H]5C[C@H]6CC[C@@H](C5)N6C(=O)CO)nc34)cn2)cc1F. The lowest BCUT2D eigenvalue weighted by Gasteiger charge is -2.39. The van der Waals surface area contributed by atoms with E-state index in [4.69, 9.17) is 15.5 Å². The monoisotopic (exact) mass is 544 g/mol. The van der Waals surface area contributed by atoms with Crippen LogP contribution in [0.1, 0.15) is 54.6 Å². The molecule has 0 unspecified atom stereocenters. The third-order valence-electron chi connectivity index (χ3n) is 8.13. The number of nitrogen functional groups attached to an aromatic ring is 1. The highest BCUT2D eigenvalue weighted by Crippen LogP contribution is 2.44. The second-order valence-electron chi connectivity index (χ2n) is 10.4. The van der Waals surface area contributed by atoms with Gasteiger partial charge in [-0.2, -0.15) is 9.61 Å². The van der Waals surface area contributed by atoms with E-state index in [2.05, 4.69) is 10.1 Å². The van der Waals surface area contributed by atoms with Gasteiger partial charge in [-0.3, -0.25) is 14.6 Å². The summed E-state index contributed by atoms with van der Waals surface area (Å²) in [4.78, 5) is 36.4. The Balaban J connectivity index is 1.38. The van der Waals surface area contributed by atoms with Gasteiger partial charge in [0.15, 0.2) is 23.0 Å². The van der Waals surface area contributed by atoms with Gasteiger partial charge < -0.3 is 20.5 Å². The summed E-state index contributed by atoms with van der Waals surface area (Å²) in [5, 5.41) is 13.9. The molecule has 40 heavy (non-hydrogen) atoms. The number of hydrogen-bond donors (Lipinski definition) is 2.